The standard InChI is InChI=1S/C29H43NO7/c1-3-36-26(31)23-11-13-25(14-12-23)30-28(33)29(15-7-8-16-29)19-24(21-35-18-17-34-2)27(32)37-20-22-9-5-4-6-10-22/h4-6,9-10,23-25H,3,7-8,11-21H2,1-2H3,(H,30,33). The number of ether oxygens (including phenoxy) is 4. The van der Waals surface area contributed by atoms with Gasteiger partial charge in [0.25, 0.3) is 0 Å². The SMILES string of the molecule is CCOC(=O)C1CCC(NC(=O)C2(CC(COCCOC)C(=O)OCc3ccccc3)CCCC2)CC1. The second kappa shape index (κ2) is 15.1. The van der Waals surface area contributed by atoms with Crippen LogP contribution in [-0.4, -0.2) is 57.4 Å². The Bertz CT molecular complexity index is 845. The number of amides is 1. The van der Waals surface area contributed by atoms with E-state index >= 15 is 0 Å². The quantitative estimate of drug-likeness (QED) is 0.292. The van der Waals surface area contributed by atoms with Crippen molar-refractivity contribution in [1.82, 2.24) is 5.32 Å². The Hall–Kier alpha value is -2.45. The molecule has 1 aromatic rings. The van der Waals surface area contributed by atoms with Crippen LogP contribution in [-0.2, 0) is 39.9 Å². The van der Waals surface area contributed by atoms with Gasteiger partial charge < -0.3 is 24.3 Å². The first-order valence-corrected chi connectivity index (χ1v) is 13.7. The first kappa shape index (κ1) is 29.1. The number of benzene rings is 1. The zero-order valence-electron chi connectivity index (χ0n) is 22.4. The molecule has 2 aliphatic carbocycles. The second-order valence-corrected chi connectivity index (χ2v) is 10.3. The number of nitrogens with one attached hydrogen (secondary N) is 1. The summed E-state index contributed by atoms with van der Waals surface area (Å²) in [5.41, 5.74) is 0.306. The maximum absolute atomic E-state index is 13.7. The van der Waals surface area contributed by atoms with Crippen molar-refractivity contribution >= 4 is 17.8 Å². The van der Waals surface area contributed by atoms with E-state index in [9.17, 15) is 14.4 Å². The van der Waals surface area contributed by atoms with Crippen molar-refractivity contribution < 1.29 is 33.3 Å². The first-order chi connectivity index (χ1) is 18.0. The van der Waals surface area contributed by atoms with Gasteiger partial charge in [-0.1, -0.05) is 43.2 Å². The summed E-state index contributed by atoms with van der Waals surface area (Å²) < 4.78 is 21.6. The molecule has 37 heavy (non-hydrogen) atoms. The maximum atomic E-state index is 13.7. The summed E-state index contributed by atoms with van der Waals surface area (Å²) in [5.74, 6) is -1.08. The minimum absolute atomic E-state index is 0.0161. The summed E-state index contributed by atoms with van der Waals surface area (Å²) in [4.78, 5) is 38.9. The lowest BCUT2D eigenvalue weighted by Gasteiger charge is -2.34. The number of esters is 2. The topological polar surface area (TPSA) is 100 Å². The Morgan fingerprint density at radius 3 is 2.35 bits per heavy atom. The molecular formula is C29H43NO7. The fourth-order valence-electron chi connectivity index (χ4n) is 5.54. The van der Waals surface area contributed by atoms with Crippen LogP contribution < -0.4 is 5.32 Å². The molecule has 2 saturated carbocycles. The van der Waals surface area contributed by atoms with E-state index in [0.29, 0.717) is 26.2 Å². The highest BCUT2D eigenvalue weighted by Gasteiger charge is 2.45. The smallest absolute Gasteiger partial charge is 0.311 e. The van der Waals surface area contributed by atoms with Crippen LogP contribution in [0.5, 0.6) is 0 Å². The molecule has 8 nitrogen and oxygen atoms in total. The van der Waals surface area contributed by atoms with Gasteiger partial charge in [-0.2, -0.15) is 0 Å². The van der Waals surface area contributed by atoms with Crippen LogP contribution >= 0.6 is 0 Å². The summed E-state index contributed by atoms with van der Waals surface area (Å²) in [6, 6.07) is 9.61. The van der Waals surface area contributed by atoms with Crippen molar-refractivity contribution in [1.29, 1.82) is 0 Å². The van der Waals surface area contributed by atoms with Gasteiger partial charge in [0, 0.05) is 13.2 Å². The minimum atomic E-state index is -0.612. The molecule has 2 aliphatic rings. The van der Waals surface area contributed by atoms with Gasteiger partial charge in [0.1, 0.15) is 6.61 Å². The number of carbonyl (C=O) groups is 3. The molecule has 0 radical (unpaired) electrons. The number of carbonyl (C=O) groups excluding carboxylic acids is 3. The highest BCUT2D eigenvalue weighted by atomic mass is 16.5. The van der Waals surface area contributed by atoms with Gasteiger partial charge in [-0.3, -0.25) is 14.4 Å². The fraction of sp³-hybridized carbons (Fsp3) is 0.690. The summed E-state index contributed by atoms with van der Waals surface area (Å²) >= 11 is 0. The van der Waals surface area contributed by atoms with E-state index in [1.54, 1.807) is 7.11 Å². The number of hydrogen-bond donors (Lipinski definition) is 1. The molecule has 1 amide bonds. The molecule has 0 aliphatic heterocycles. The van der Waals surface area contributed by atoms with E-state index < -0.39 is 11.3 Å². The molecule has 3 rings (SSSR count). The molecule has 1 atom stereocenters. The lowest BCUT2D eigenvalue weighted by Crippen LogP contribution is -2.47. The molecular weight excluding hydrogens is 474 g/mol. The monoisotopic (exact) mass is 517 g/mol. The van der Waals surface area contributed by atoms with Gasteiger partial charge in [-0.05, 0) is 57.4 Å². The maximum Gasteiger partial charge on any atom is 0.311 e. The van der Waals surface area contributed by atoms with Crippen LogP contribution in [0, 0.1) is 17.3 Å². The molecule has 1 unspecified atom stereocenters. The van der Waals surface area contributed by atoms with Crippen LogP contribution in [0.4, 0.5) is 0 Å². The molecule has 0 spiro atoms. The Labute approximate surface area is 220 Å². The molecule has 1 aromatic carbocycles. The lowest BCUT2D eigenvalue weighted by molar-refractivity contribution is -0.154. The minimum Gasteiger partial charge on any atom is -0.466 e. The van der Waals surface area contributed by atoms with E-state index in [1.807, 2.05) is 37.3 Å². The third-order valence-corrected chi connectivity index (χ3v) is 7.67. The lowest BCUT2D eigenvalue weighted by atomic mass is 9.76. The first-order valence-electron chi connectivity index (χ1n) is 13.7. The molecule has 8 heteroatoms. The Kier molecular flexibility index (Phi) is 11.9. The normalized spacial score (nSPS) is 21.7. The summed E-state index contributed by atoms with van der Waals surface area (Å²) in [5, 5.41) is 3.27. The molecule has 0 heterocycles. The molecule has 0 bridgehead atoms. The van der Waals surface area contributed by atoms with Crippen molar-refractivity contribution in [2.45, 2.75) is 77.4 Å². The van der Waals surface area contributed by atoms with Crippen LogP contribution in [0.2, 0.25) is 0 Å². The van der Waals surface area contributed by atoms with Gasteiger partial charge in [-0.15, -0.1) is 0 Å². The largest absolute Gasteiger partial charge is 0.466 e. The third-order valence-electron chi connectivity index (χ3n) is 7.67. The molecule has 206 valence electrons. The average Bonchev–Trinajstić information content (AvgIpc) is 3.40. The summed E-state index contributed by atoms with van der Waals surface area (Å²) in [6.45, 7) is 3.40. The van der Waals surface area contributed by atoms with Crippen molar-refractivity contribution in [3.05, 3.63) is 35.9 Å². The highest BCUT2D eigenvalue weighted by Crippen LogP contribution is 2.44. The third kappa shape index (κ3) is 8.82. The van der Waals surface area contributed by atoms with Crippen LogP contribution in [0.15, 0.2) is 30.3 Å². The molecule has 0 saturated heterocycles. The molecule has 2 fully saturated rings. The van der Waals surface area contributed by atoms with E-state index in [4.69, 9.17) is 18.9 Å². The van der Waals surface area contributed by atoms with Crippen LogP contribution in [0.3, 0.4) is 0 Å². The van der Waals surface area contributed by atoms with Crippen molar-refractivity contribution in [3.8, 4) is 0 Å². The van der Waals surface area contributed by atoms with E-state index in [2.05, 4.69) is 5.32 Å². The number of methoxy groups -OCH3 is 1. The van der Waals surface area contributed by atoms with Crippen molar-refractivity contribution in [3.63, 3.8) is 0 Å². The average molecular weight is 518 g/mol. The predicted molar refractivity (Wildman–Crippen MR) is 138 cm³/mol. The zero-order chi connectivity index (χ0) is 26.5. The molecule has 0 aromatic heterocycles. The van der Waals surface area contributed by atoms with Gasteiger partial charge in [0.05, 0.1) is 43.7 Å². The number of hydrogen-bond acceptors (Lipinski definition) is 7. The van der Waals surface area contributed by atoms with E-state index in [0.717, 1.165) is 56.9 Å². The predicted octanol–water partition coefficient (Wildman–Crippen LogP) is 4.20. The Morgan fingerprint density at radius 2 is 1.70 bits per heavy atom. The van der Waals surface area contributed by atoms with Gasteiger partial charge in [0.2, 0.25) is 5.91 Å². The van der Waals surface area contributed by atoms with Crippen molar-refractivity contribution in [2.24, 2.45) is 17.3 Å². The van der Waals surface area contributed by atoms with Gasteiger partial charge in [0.15, 0.2) is 0 Å². The van der Waals surface area contributed by atoms with E-state index in [-0.39, 0.29) is 43.0 Å². The highest BCUT2D eigenvalue weighted by molar-refractivity contribution is 5.84. The van der Waals surface area contributed by atoms with Gasteiger partial charge >= 0.3 is 11.9 Å². The van der Waals surface area contributed by atoms with Crippen LogP contribution in [0.1, 0.15) is 70.3 Å². The van der Waals surface area contributed by atoms with Crippen LogP contribution in [0.25, 0.3) is 0 Å². The van der Waals surface area contributed by atoms with Crippen molar-refractivity contribution in [2.75, 3.05) is 33.5 Å². The molecule has 1 N–H and O–H groups in total. The Morgan fingerprint density at radius 1 is 1.00 bits per heavy atom. The summed E-state index contributed by atoms with van der Waals surface area (Å²) in [7, 11) is 1.60. The number of rotatable bonds is 14. The van der Waals surface area contributed by atoms with E-state index in [1.165, 1.54) is 0 Å². The second-order valence-electron chi connectivity index (χ2n) is 10.3. The Balaban J connectivity index is 1.61. The van der Waals surface area contributed by atoms with Gasteiger partial charge in [-0.25, -0.2) is 0 Å². The zero-order valence-corrected chi connectivity index (χ0v) is 22.4. The summed E-state index contributed by atoms with van der Waals surface area (Å²) in [6.07, 6.45) is 6.77. The fourth-order valence-corrected chi connectivity index (χ4v) is 5.54.